The number of fused-ring (bicyclic) bond motifs is 1. The summed E-state index contributed by atoms with van der Waals surface area (Å²) >= 11 is 3.49. The van der Waals surface area contributed by atoms with Crippen molar-refractivity contribution >= 4 is 26.9 Å². The number of ether oxygens (including phenoxy) is 1. The summed E-state index contributed by atoms with van der Waals surface area (Å²) in [5.74, 6) is 1.29. The molecule has 0 amide bonds. The highest BCUT2D eigenvalue weighted by molar-refractivity contribution is 9.10. The van der Waals surface area contributed by atoms with Crippen LogP contribution in [0, 0.1) is 0 Å². The molecule has 1 aliphatic rings. The predicted octanol–water partition coefficient (Wildman–Crippen LogP) is 3.11. The maximum absolute atomic E-state index is 11.6. The smallest absolute Gasteiger partial charge is 0.122 e. The third-order valence-corrected chi connectivity index (χ3v) is 5.17. The lowest BCUT2D eigenvalue weighted by atomic mass is 9.86. The van der Waals surface area contributed by atoms with E-state index in [1.807, 2.05) is 26.0 Å². The molecule has 18 heavy (non-hydrogen) atoms. The summed E-state index contributed by atoms with van der Waals surface area (Å²) in [6, 6.07) is 6.06. The number of hydrogen-bond donors (Lipinski definition) is 1. The summed E-state index contributed by atoms with van der Waals surface area (Å²) in [6.45, 7) is 4.62. The molecule has 0 saturated heterocycles. The van der Waals surface area contributed by atoms with Gasteiger partial charge in [-0.25, -0.2) is 4.21 Å². The lowest BCUT2D eigenvalue weighted by Crippen LogP contribution is -2.34. The Kier molecular flexibility index (Phi) is 4.14. The van der Waals surface area contributed by atoms with Gasteiger partial charge in [-0.2, -0.15) is 0 Å². The number of rotatable bonds is 3. The van der Waals surface area contributed by atoms with Crippen LogP contribution in [-0.2, 0) is 11.0 Å². The van der Waals surface area contributed by atoms with Gasteiger partial charge in [-0.1, -0.05) is 15.9 Å². The third kappa shape index (κ3) is 2.95. The van der Waals surface area contributed by atoms with Crippen LogP contribution in [0.15, 0.2) is 22.7 Å². The molecule has 2 N–H and O–H groups in total. The van der Waals surface area contributed by atoms with E-state index in [1.54, 1.807) is 0 Å². The van der Waals surface area contributed by atoms with Gasteiger partial charge in [0.05, 0.1) is 22.3 Å². The van der Waals surface area contributed by atoms with Crippen molar-refractivity contribution in [3.8, 4) is 5.75 Å². The predicted molar refractivity (Wildman–Crippen MR) is 78.0 cm³/mol. The van der Waals surface area contributed by atoms with Crippen molar-refractivity contribution in [2.24, 2.45) is 5.14 Å². The fraction of sp³-hybridized carbons (Fsp3) is 0.538. The first kappa shape index (κ1) is 14.0. The summed E-state index contributed by atoms with van der Waals surface area (Å²) in [5.41, 5.74) is 1.19. The van der Waals surface area contributed by atoms with Crippen LogP contribution < -0.4 is 9.88 Å². The molecule has 5 heteroatoms. The van der Waals surface area contributed by atoms with Crippen molar-refractivity contribution in [3.05, 3.63) is 28.2 Å². The second-order valence-electron chi connectivity index (χ2n) is 5.28. The molecule has 3 nitrogen and oxygen atoms in total. The Morgan fingerprint density at radius 3 is 2.94 bits per heavy atom. The van der Waals surface area contributed by atoms with E-state index in [9.17, 15) is 4.21 Å². The second kappa shape index (κ2) is 5.31. The Balaban J connectivity index is 2.27. The molecule has 0 radical (unpaired) electrons. The van der Waals surface area contributed by atoms with Crippen LogP contribution in [0.1, 0.15) is 38.2 Å². The van der Waals surface area contributed by atoms with E-state index in [-0.39, 0.29) is 4.75 Å². The van der Waals surface area contributed by atoms with Crippen LogP contribution in [0.2, 0.25) is 0 Å². The van der Waals surface area contributed by atoms with Gasteiger partial charge in [-0.05, 0) is 56.4 Å². The normalized spacial score (nSPS) is 21.0. The minimum atomic E-state index is -1.31. The fourth-order valence-corrected chi connectivity index (χ4v) is 3.07. The molecule has 0 fully saturated rings. The standard InChI is InChI=1S/C13H18BrNO2S/c1-13(2,18(15)16)8-9-5-6-17-12-4-3-10(14)7-11(9)12/h3-4,7,9H,5-6,8,15H2,1-2H3/t9-,18?/m1/s1. The third-order valence-electron chi connectivity index (χ3n) is 3.42. The molecular weight excluding hydrogens is 314 g/mol. The molecular formula is C13H18BrNO2S. The maximum atomic E-state index is 11.6. The summed E-state index contributed by atoms with van der Waals surface area (Å²) in [6.07, 6.45) is 1.76. The Hall–Kier alpha value is -0.390. The number of halogens is 1. The SMILES string of the molecule is CC(C)(C[C@H]1CCOc2ccc(Br)cc21)S(N)=O. The van der Waals surface area contributed by atoms with Crippen LogP contribution in [0.5, 0.6) is 5.75 Å². The summed E-state index contributed by atoms with van der Waals surface area (Å²) in [4.78, 5) is 0. The molecule has 100 valence electrons. The summed E-state index contributed by atoms with van der Waals surface area (Å²) in [5, 5.41) is 5.57. The molecule has 2 atom stereocenters. The second-order valence-corrected chi connectivity index (χ2v) is 7.89. The molecule has 0 spiro atoms. The molecule has 2 rings (SSSR count). The lowest BCUT2D eigenvalue weighted by molar-refractivity contribution is 0.258. The average Bonchev–Trinajstić information content (AvgIpc) is 2.29. The molecule has 0 aromatic heterocycles. The largest absolute Gasteiger partial charge is 0.493 e. The van der Waals surface area contributed by atoms with E-state index < -0.39 is 11.0 Å². The van der Waals surface area contributed by atoms with E-state index >= 15 is 0 Å². The van der Waals surface area contributed by atoms with Crippen molar-refractivity contribution in [1.29, 1.82) is 0 Å². The number of hydrogen-bond acceptors (Lipinski definition) is 2. The molecule has 0 bridgehead atoms. The first-order valence-electron chi connectivity index (χ1n) is 5.99. The molecule has 0 saturated carbocycles. The van der Waals surface area contributed by atoms with Crippen LogP contribution in [0.3, 0.4) is 0 Å². The molecule has 1 heterocycles. The highest BCUT2D eigenvalue weighted by atomic mass is 79.9. The van der Waals surface area contributed by atoms with Gasteiger partial charge in [0.25, 0.3) is 0 Å². The molecule has 0 aliphatic carbocycles. The maximum Gasteiger partial charge on any atom is 0.122 e. The Morgan fingerprint density at radius 1 is 1.56 bits per heavy atom. The molecule has 1 aromatic carbocycles. The number of benzene rings is 1. The summed E-state index contributed by atoms with van der Waals surface area (Å²) < 4.78 is 17.9. The van der Waals surface area contributed by atoms with Gasteiger partial charge >= 0.3 is 0 Å². The van der Waals surface area contributed by atoms with E-state index in [0.29, 0.717) is 12.5 Å². The van der Waals surface area contributed by atoms with Crippen LogP contribution in [0.25, 0.3) is 0 Å². The van der Waals surface area contributed by atoms with Crippen molar-refractivity contribution in [2.45, 2.75) is 37.4 Å². The highest BCUT2D eigenvalue weighted by Gasteiger charge is 2.31. The van der Waals surface area contributed by atoms with Gasteiger partial charge in [-0.15, -0.1) is 0 Å². The van der Waals surface area contributed by atoms with E-state index in [1.165, 1.54) is 5.56 Å². The molecule has 1 aromatic rings. The van der Waals surface area contributed by atoms with Crippen molar-refractivity contribution in [3.63, 3.8) is 0 Å². The van der Waals surface area contributed by atoms with Crippen LogP contribution >= 0.6 is 15.9 Å². The zero-order valence-electron chi connectivity index (χ0n) is 10.6. The quantitative estimate of drug-likeness (QED) is 0.925. The van der Waals surface area contributed by atoms with Crippen LogP contribution in [-0.4, -0.2) is 15.6 Å². The first-order chi connectivity index (χ1) is 8.40. The highest BCUT2D eigenvalue weighted by Crippen LogP contribution is 2.40. The topological polar surface area (TPSA) is 52.3 Å². The average molecular weight is 332 g/mol. The van der Waals surface area contributed by atoms with Crippen molar-refractivity contribution < 1.29 is 8.95 Å². The zero-order chi connectivity index (χ0) is 13.3. The molecule has 1 aliphatic heterocycles. The monoisotopic (exact) mass is 331 g/mol. The lowest BCUT2D eigenvalue weighted by Gasteiger charge is -2.31. The summed E-state index contributed by atoms with van der Waals surface area (Å²) in [7, 11) is -1.31. The Morgan fingerprint density at radius 2 is 2.28 bits per heavy atom. The minimum Gasteiger partial charge on any atom is -0.493 e. The Bertz CT molecular complexity index is 476. The Labute approximate surface area is 119 Å². The van der Waals surface area contributed by atoms with Crippen molar-refractivity contribution in [1.82, 2.24) is 0 Å². The van der Waals surface area contributed by atoms with Gasteiger partial charge in [0.2, 0.25) is 0 Å². The molecule has 1 unspecified atom stereocenters. The van der Waals surface area contributed by atoms with Gasteiger partial charge < -0.3 is 4.74 Å². The van der Waals surface area contributed by atoms with E-state index in [0.717, 1.165) is 23.1 Å². The fourth-order valence-electron chi connectivity index (χ4n) is 2.32. The number of nitrogens with two attached hydrogens (primary N) is 1. The minimum absolute atomic E-state index is 0.355. The van der Waals surface area contributed by atoms with Crippen molar-refractivity contribution in [2.75, 3.05) is 6.61 Å². The zero-order valence-corrected chi connectivity index (χ0v) is 13.0. The van der Waals surface area contributed by atoms with Gasteiger partial charge in [0.1, 0.15) is 5.75 Å². The van der Waals surface area contributed by atoms with Gasteiger partial charge in [0, 0.05) is 4.47 Å². The first-order valence-corrected chi connectivity index (χ1v) is 7.99. The van der Waals surface area contributed by atoms with E-state index in [2.05, 4.69) is 22.0 Å². The van der Waals surface area contributed by atoms with Gasteiger partial charge in [-0.3, -0.25) is 5.14 Å². The van der Waals surface area contributed by atoms with E-state index in [4.69, 9.17) is 9.88 Å². The van der Waals surface area contributed by atoms with Gasteiger partial charge in [0.15, 0.2) is 0 Å². The van der Waals surface area contributed by atoms with Crippen LogP contribution in [0.4, 0.5) is 0 Å².